The first-order chi connectivity index (χ1) is 13.9. The Kier molecular flexibility index (Phi) is 4.56. The van der Waals surface area contributed by atoms with Gasteiger partial charge in [-0.3, -0.25) is 9.59 Å². The molecule has 2 aromatic heterocycles. The van der Waals surface area contributed by atoms with Crippen LogP contribution in [0.3, 0.4) is 0 Å². The lowest BCUT2D eigenvalue weighted by atomic mass is 10.1. The molecule has 4 aromatic rings. The Bertz CT molecular complexity index is 1390. The van der Waals surface area contributed by atoms with Crippen LogP contribution in [0, 0.1) is 0 Å². The van der Waals surface area contributed by atoms with Crippen LogP contribution in [0.5, 0.6) is 5.88 Å². The number of H-pyrrole nitrogens is 1. The predicted octanol–water partition coefficient (Wildman–Crippen LogP) is 2.43. The number of benzene rings is 2. The number of esters is 1. The van der Waals surface area contributed by atoms with Crippen molar-refractivity contribution in [2.75, 3.05) is 7.11 Å². The van der Waals surface area contributed by atoms with Crippen molar-refractivity contribution < 1.29 is 14.6 Å². The van der Waals surface area contributed by atoms with E-state index in [1.807, 2.05) is 0 Å². The van der Waals surface area contributed by atoms with Gasteiger partial charge in [-0.25, -0.2) is 9.48 Å². The summed E-state index contributed by atoms with van der Waals surface area (Å²) in [5, 5.41) is 14.7. The lowest BCUT2D eigenvalue weighted by molar-refractivity contribution is 0.0600. The second kappa shape index (κ2) is 7.06. The third kappa shape index (κ3) is 3.23. The van der Waals surface area contributed by atoms with Crippen LogP contribution in [-0.4, -0.2) is 33.0 Å². The minimum absolute atomic E-state index is 0.00187. The number of pyridine rings is 1. The minimum atomic E-state index is -0.645. The number of fused-ring (bicyclic) bond motifs is 2. The molecule has 0 radical (unpaired) electrons. The van der Waals surface area contributed by atoms with Gasteiger partial charge >= 0.3 is 5.97 Å². The topological polar surface area (TPSA) is 114 Å². The summed E-state index contributed by atoms with van der Waals surface area (Å²) >= 11 is 5.95. The molecule has 0 spiro atoms. The van der Waals surface area contributed by atoms with Gasteiger partial charge in [0.05, 0.1) is 24.7 Å². The van der Waals surface area contributed by atoms with Crippen LogP contribution >= 0.6 is 11.6 Å². The maximum absolute atomic E-state index is 12.9. The van der Waals surface area contributed by atoms with Crippen molar-refractivity contribution in [1.29, 1.82) is 0 Å². The summed E-state index contributed by atoms with van der Waals surface area (Å²) in [5.41, 5.74) is 0.181. The Morgan fingerprint density at radius 1 is 1.21 bits per heavy atom. The Balaban J connectivity index is 1.85. The van der Waals surface area contributed by atoms with E-state index < -0.39 is 22.8 Å². The number of rotatable bonds is 3. The van der Waals surface area contributed by atoms with Gasteiger partial charge in [0.2, 0.25) is 5.43 Å². The first-order valence-electron chi connectivity index (χ1n) is 8.51. The maximum atomic E-state index is 12.9. The number of hydrogen-bond donors (Lipinski definition) is 2. The van der Waals surface area contributed by atoms with E-state index in [0.29, 0.717) is 21.7 Å². The number of aromatic hydroxyl groups is 1. The van der Waals surface area contributed by atoms with Gasteiger partial charge in [-0.2, -0.15) is 0 Å². The fourth-order valence-corrected chi connectivity index (χ4v) is 3.29. The molecule has 2 heterocycles. The molecule has 0 unspecified atom stereocenters. The number of carbonyl (C=O) groups is 1. The lowest BCUT2D eigenvalue weighted by Gasteiger charge is -2.09. The zero-order valence-electron chi connectivity index (χ0n) is 15.1. The van der Waals surface area contributed by atoms with Crippen molar-refractivity contribution in [3.63, 3.8) is 0 Å². The molecule has 0 aliphatic rings. The molecule has 0 saturated carbocycles. The van der Waals surface area contributed by atoms with E-state index in [1.54, 1.807) is 30.3 Å². The molecule has 0 aliphatic heterocycles. The van der Waals surface area contributed by atoms with Gasteiger partial charge in [-0.15, -0.1) is 5.10 Å². The van der Waals surface area contributed by atoms with Crippen LogP contribution in [0.25, 0.3) is 21.8 Å². The van der Waals surface area contributed by atoms with Gasteiger partial charge in [0, 0.05) is 10.4 Å². The fraction of sp³-hybridized carbons (Fsp3) is 0.100. The molecule has 0 aliphatic carbocycles. The summed E-state index contributed by atoms with van der Waals surface area (Å²) in [6.45, 7) is 0.00187. The molecule has 0 fully saturated rings. The van der Waals surface area contributed by atoms with E-state index in [4.69, 9.17) is 11.6 Å². The quantitative estimate of drug-likeness (QED) is 0.395. The van der Waals surface area contributed by atoms with Crippen molar-refractivity contribution in [1.82, 2.24) is 14.8 Å². The molecule has 146 valence electrons. The highest BCUT2D eigenvalue weighted by molar-refractivity contribution is 6.31. The fourth-order valence-electron chi connectivity index (χ4n) is 3.12. The van der Waals surface area contributed by atoms with E-state index in [9.17, 15) is 19.5 Å². The molecular formula is C20H14ClN3O5. The molecule has 0 amide bonds. The number of carbonyl (C=O) groups excluding carboxylic acids is 1. The number of aromatic amines is 1. The van der Waals surface area contributed by atoms with E-state index in [2.05, 4.69) is 14.8 Å². The molecule has 0 saturated heterocycles. The van der Waals surface area contributed by atoms with Crippen LogP contribution in [0.4, 0.5) is 0 Å². The number of nitrogens with zero attached hydrogens (tertiary/aromatic N) is 2. The summed E-state index contributed by atoms with van der Waals surface area (Å²) in [5.74, 6) is -0.960. The average molecular weight is 412 g/mol. The summed E-state index contributed by atoms with van der Waals surface area (Å²) < 4.78 is 5.65. The summed E-state index contributed by atoms with van der Waals surface area (Å²) in [4.78, 5) is 40.2. The second-order valence-corrected chi connectivity index (χ2v) is 6.81. The van der Waals surface area contributed by atoms with E-state index >= 15 is 0 Å². The summed E-state index contributed by atoms with van der Waals surface area (Å²) in [6.07, 6.45) is 0. The van der Waals surface area contributed by atoms with Crippen molar-refractivity contribution in [2.24, 2.45) is 0 Å². The molecule has 4 rings (SSSR count). The van der Waals surface area contributed by atoms with Gasteiger partial charge in [0.15, 0.2) is 0 Å². The second-order valence-electron chi connectivity index (χ2n) is 6.37. The number of hydrogen-bond acceptors (Lipinski definition) is 6. The number of ether oxygens (including phenoxy) is 1. The minimum Gasteiger partial charge on any atom is -0.491 e. The molecule has 0 atom stereocenters. The first-order valence-corrected chi connectivity index (χ1v) is 8.89. The van der Waals surface area contributed by atoms with E-state index in [1.165, 1.54) is 19.2 Å². The van der Waals surface area contributed by atoms with Gasteiger partial charge in [0.25, 0.3) is 11.4 Å². The molecule has 8 nitrogen and oxygen atoms in total. The van der Waals surface area contributed by atoms with Crippen LogP contribution in [-0.2, 0) is 11.3 Å². The molecular weight excluding hydrogens is 398 g/mol. The third-order valence-electron chi connectivity index (χ3n) is 4.56. The van der Waals surface area contributed by atoms with Gasteiger partial charge < -0.3 is 14.8 Å². The van der Waals surface area contributed by atoms with E-state index in [0.717, 1.165) is 4.68 Å². The Morgan fingerprint density at radius 3 is 2.62 bits per heavy atom. The van der Waals surface area contributed by atoms with Crippen LogP contribution in [0.15, 0.2) is 52.1 Å². The molecule has 2 aromatic carbocycles. The highest BCUT2D eigenvalue weighted by Crippen LogP contribution is 2.21. The number of aromatic nitrogens is 3. The highest BCUT2D eigenvalue weighted by Gasteiger charge is 2.17. The SMILES string of the molecule is COC(=O)c1ccc(Cn2nc(O)c3[nH]c4cc(Cl)ccc4c(=O)c3c2=O)cc1. The maximum Gasteiger partial charge on any atom is 0.337 e. The molecule has 9 heteroatoms. The summed E-state index contributed by atoms with van der Waals surface area (Å²) in [7, 11) is 1.28. The van der Waals surface area contributed by atoms with Crippen LogP contribution in [0.1, 0.15) is 15.9 Å². The van der Waals surface area contributed by atoms with Gasteiger partial charge in [-0.1, -0.05) is 23.7 Å². The van der Waals surface area contributed by atoms with Crippen molar-refractivity contribution in [3.8, 4) is 5.88 Å². The highest BCUT2D eigenvalue weighted by atomic mass is 35.5. The predicted molar refractivity (Wildman–Crippen MR) is 108 cm³/mol. The first kappa shape index (κ1) is 18.7. The third-order valence-corrected chi connectivity index (χ3v) is 4.79. The van der Waals surface area contributed by atoms with E-state index in [-0.39, 0.29) is 22.8 Å². The normalized spacial score (nSPS) is 11.1. The Morgan fingerprint density at radius 2 is 1.93 bits per heavy atom. The Labute approximate surface area is 167 Å². The number of halogens is 1. The molecule has 29 heavy (non-hydrogen) atoms. The summed E-state index contributed by atoms with van der Waals surface area (Å²) in [6, 6.07) is 11.0. The van der Waals surface area contributed by atoms with Crippen molar-refractivity contribution in [2.45, 2.75) is 6.54 Å². The number of nitrogens with one attached hydrogen (secondary N) is 1. The average Bonchev–Trinajstić information content (AvgIpc) is 2.71. The standard InChI is InChI=1S/C20H14ClN3O5/c1-29-20(28)11-4-2-10(3-5-11)9-24-19(27)15-16(18(26)23-24)22-14-8-12(21)6-7-13(14)17(15)25/h2-8H,9H2,1H3,(H,22,25)(H,23,26). The zero-order chi connectivity index (χ0) is 20.7. The van der Waals surface area contributed by atoms with Crippen molar-refractivity contribution in [3.05, 3.63) is 79.2 Å². The van der Waals surface area contributed by atoms with Crippen LogP contribution in [0.2, 0.25) is 5.02 Å². The van der Waals surface area contributed by atoms with Gasteiger partial charge in [0.1, 0.15) is 10.9 Å². The smallest absolute Gasteiger partial charge is 0.337 e. The largest absolute Gasteiger partial charge is 0.491 e. The number of methoxy groups -OCH3 is 1. The Hall–Kier alpha value is -3.65. The molecule has 2 N–H and O–H groups in total. The van der Waals surface area contributed by atoms with Crippen LogP contribution < -0.4 is 11.0 Å². The zero-order valence-corrected chi connectivity index (χ0v) is 15.9. The van der Waals surface area contributed by atoms with Crippen molar-refractivity contribution >= 4 is 39.4 Å². The molecule has 0 bridgehead atoms. The monoisotopic (exact) mass is 411 g/mol. The lowest BCUT2D eigenvalue weighted by Crippen LogP contribution is -2.28. The van der Waals surface area contributed by atoms with Gasteiger partial charge in [-0.05, 0) is 35.9 Å².